The molecular formula is C21H18N2O2S. The summed E-state index contributed by atoms with van der Waals surface area (Å²) in [5.41, 5.74) is 1.69. The van der Waals surface area contributed by atoms with Crippen molar-refractivity contribution in [1.29, 1.82) is 0 Å². The molecule has 1 unspecified atom stereocenters. The maximum Gasteiger partial charge on any atom is 0.252 e. The lowest BCUT2D eigenvalue weighted by molar-refractivity contribution is -0.117. The van der Waals surface area contributed by atoms with Crippen LogP contribution in [0.3, 0.4) is 0 Å². The first-order valence-corrected chi connectivity index (χ1v) is 9.89. The van der Waals surface area contributed by atoms with E-state index in [0.717, 1.165) is 20.9 Å². The van der Waals surface area contributed by atoms with E-state index in [-0.39, 0.29) is 12.3 Å². The maximum atomic E-state index is 12.4. The fourth-order valence-electron chi connectivity index (χ4n) is 2.99. The summed E-state index contributed by atoms with van der Waals surface area (Å²) in [4.78, 5) is 18.2. The van der Waals surface area contributed by atoms with Crippen molar-refractivity contribution in [1.82, 2.24) is 4.72 Å². The first kappa shape index (κ1) is 16.6. The summed E-state index contributed by atoms with van der Waals surface area (Å²) < 4.78 is 14.5. The highest BCUT2D eigenvalue weighted by Gasteiger charge is 2.37. The average molecular weight is 362 g/mol. The Kier molecular flexibility index (Phi) is 4.32. The Morgan fingerprint density at radius 2 is 1.50 bits per heavy atom. The number of nitrogens with one attached hydrogen (secondary N) is 1. The van der Waals surface area contributed by atoms with Crippen molar-refractivity contribution in [2.75, 3.05) is 0 Å². The monoisotopic (exact) mass is 362 g/mol. The van der Waals surface area contributed by atoms with Gasteiger partial charge in [0.25, 0.3) is 5.91 Å². The second-order valence-corrected chi connectivity index (χ2v) is 8.28. The Morgan fingerprint density at radius 3 is 2.23 bits per heavy atom. The van der Waals surface area contributed by atoms with E-state index in [0.29, 0.717) is 5.84 Å². The second-order valence-electron chi connectivity index (χ2n) is 6.01. The molecule has 3 aromatic rings. The van der Waals surface area contributed by atoms with Crippen molar-refractivity contribution in [3.8, 4) is 0 Å². The molecule has 0 saturated heterocycles. The molecule has 2 N–H and O–H groups in total. The van der Waals surface area contributed by atoms with E-state index in [4.69, 9.17) is 0 Å². The van der Waals surface area contributed by atoms with E-state index in [2.05, 4.69) is 9.71 Å². The van der Waals surface area contributed by atoms with Crippen LogP contribution in [0.4, 0.5) is 0 Å². The summed E-state index contributed by atoms with van der Waals surface area (Å²) in [5.74, 6) is 0.188. The highest BCUT2D eigenvalue weighted by molar-refractivity contribution is 8.28. The third-order valence-corrected chi connectivity index (χ3v) is 6.66. The van der Waals surface area contributed by atoms with Gasteiger partial charge in [0.1, 0.15) is 5.84 Å². The Bertz CT molecular complexity index is 974. The lowest BCUT2D eigenvalue weighted by Gasteiger charge is -2.30. The van der Waals surface area contributed by atoms with Crippen molar-refractivity contribution in [2.45, 2.75) is 16.2 Å². The molecule has 1 aliphatic rings. The van der Waals surface area contributed by atoms with E-state index >= 15 is 0 Å². The van der Waals surface area contributed by atoms with Gasteiger partial charge < -0.3 is 9.27 Å². The number of benzene rings is 3. The molecule has 4 rings (SSSR count). The summed E-state index contributed by atoms with van der Waals surface area (Å²) in [5, 5.41) is 0. The van der Waals surface area contributed by atoms with E-state index in [1.165, 1.54) is 0 Å². The lowest BCUT2D eigenvalue weighted by atomic mass is 10.1. The van der Waals surface area contributed by atoms with E-state index in [1.807, 2.05) is 84.9 Å². The van der Waals surface area contributed by atoms with Gasteiger partial charge in [-0.1, -0.05) is 66.7 Å². The van der Waals surface area contributed by atoms with Crippen molar-refractivity contribution in [3.05, 3.63) is 96.1 Å². The number of rotatable bonds is 3. The number of fused-ring (bicyclic) bond motifs is 1. The molecule has 26 heavy (non-hydrogen) atoms. The number of amides is 1. The van der Waals surface area contributed by atoms with Crippen molar-refractivity contribution in [3.63, 3.8) is 0 Å². The van der Waals surface area contributed by atoms with Gasteiger partial charge in [-0.3, -0.25) is 4.79 Å². The van der Waals surface area contributed by atoms with Gasteiger partial charge in [-0.15, -0.1) is 0 Å². The molecule has 1 amide bonds. The molecule has 0 saturated carbocycles. The average Bonchev–Trinajstić information content (AvgIpc) is 2.97. The summed E-state index contributed by atoms with van der Waals surface area (Å²) in [6.07, 6.45) is 0.229. The molecule has 0 radical (unpaired) electrons. The van der Waals surface area contributed by atoms with Crippen LogP contribution in [0.2, 0.25) is 0 Å². The summed E-state index contributed by atoms with van der Waals surface area (Å²) in [7, 11) is -2.44. The Labute approximate surface area is 153 Å². The molecule has 0 aliphatic carbocycles. The van der Waals surface area contributed by atoms with Gasteiger partial charge in [-0.25, -0.2) is 0 Å². The van der Waals surface area contributed by atoms with Crippen LogP contribution in [0.1, 0.15) is 11.1 Å². The molecule has 130 valence electrons. The Morgan fingerprint density at radius 1 is 0.885 bits per heavy atom. The summed E-state index contributed by atoms with van der Waals surface area (Å²) in [6, 6.07) is 26.5. The first-order valence-electron chi connectivity index (χ1n) is 8.30. The smallest absolute Gasteiger partial charge is 0.252 e. The van der Waals surface area contributed by atoms with Crippen molar-refractivity contribution < 1.29 is 9.35 Å². The predicted molar refractivity (Wildman–Crippen MR) is 104 cm³/mol. The van der Waals surface area contributed by atoms with Crippen LogP contribution in [0, 0.1) is 0 Å². The van der Waals surface area contributed by atoms with Crippen LogP contribution < -0.4 is 4.72 Å². The molecule has 5 heteroatoms. The molecule has 1 heterocycles. The third-order valence-electron chi connectivity index (χ3n) is 4.22. The largest absolute Gasteiger partial charge is 0.325 e. The van der Waals surface area contributed by atoms with Crippen LogP contribution in [0.15, 0.2) is 99.7 Å². The van der Waals surface area contributed by atoms with Crippen LogP contribution in [-0.4, -0.2) is 16.3 Å². The lowest BCUT2D eigenvalue weighted by Crippen LogP contribution is -2.22. The topological polar surface area (TPSA) is 61.7 Å². The highest BCUT2D eigenvalue weighted by atomic mass is 32.3. The number of carbonyl (C=O) groups excluding carboxylic acids is 1. The van der Waals surface area contributed by atoms with E-state index in [1.54, 1.807) is 0 Å². The zero-order chi connectivity index (χ0) is 18.0. The summed E-state index contributed by atoms with van der Waals surface area (Å²) >= 11 is 0. The highest BCUT2D eigenvalue weighted by Crippen LogP contribution is 2.60. The summed E-state index contributed by atoms with van der Waals surface area (Å²) in [6.45, 7) is 0. The predicted octanol–water partition coefficient (Wildman–Crippen LogP) is 4.42. The molecule has 1 aliphatic heterocycles. The van der Waals surface area contributed by atoms with Crippen molar-refractivity contribution >= 4 is 22.2 Å². The molecule has 0 spiro atoms. The second kappa shape index (κ2) is 6.78. The van der Waals surface area contributed by atoms with Gasteiger partial charge in [0.15, 0.2) is 0 Å². The molecule has 3 aromatic carbocycles. The normalized spacial score (nSPS) is 22.3. The maximum absolute atomic E-state index is 12.4. The third kappa shape index (κ3) is 3.03. The van der Waals surface area contributed by atoms with Gasteiger partial charge in [0, 0.05) is 15.4 Å². The number of carbonyl (C=O) groups is 1. The zero-order valence-corrected chi connectivity index (χ0v) is 14.8. The number of amidine groups is 1. The SMILES string of the molecule is O=C(Cc1ccccc1)N=C1NS(O)(c2ccccc2)c2ccccc21. The van der Waals surface area contributed by atoms with Gasteiger partial charge in [-0.2, -0.15) is 4.99 Å². The zero-order valence-electron chi connectivity index (χ0n) is 14.0. The van der Waals surface area contributed by atoms with E-state index in [9.17, 15) is 9.35 Å². The Balaban J connectivity index is 1.69. The number of hydrogen-bond donors (Lipinski definition) is 2. The van der Waals surface area contributed by atoms with Gasteiger partial charge in [-0.05, 0) is 34.3 Å². The molecule has 0 fully saturated rings. The fourth-order valence-corrected chi connectivity index (χ4v) is 5.22. The fraction of sp³-hybridized carbons (Fsp3) is 0.0476. The van der Waals surface area contributed by atoms with Crippen LogP contribution in [0.25, 0.3) is 0 Å². The minimum atomic E-state index is -2.44. The number of nitrogens with zero attached hydrogens (tertiary/aromatic N) is 1. The number of aliphatic imine (C=N–C) groups is 1. The van der Waals surface area contributed by atoms with Gasteiger partial charge >= 0.3 is 0 Å². The molecule has 0 bridgehead atoms. The number of hydrogen-bond acceptors (Lipinski definition) is 2. The van der Waals surface area contributed by atoms with Crippen LogP contribution in [-0.2, 0) is 11.2 Å². The molecule has 1 atom stereocenters. The first-order chi connectivity index (χ1) is 12.7. The van der Waals surface area contributed by atoms with E-state index < -0.39 is 10.5 Å². The molecule has 0 aromatic heterocycles. The molecular weight excluding hydrogens is 344 g/mol. The van der Waals surface area contributed by atoms with Crippen LogP contribution in [0.5, 0.6) is 0 Å². The van der Waals surface area contributed by atoms with Gasteiger partial charge in [0.05, 0.1) is 6.42 Å². The van der Waals surface area contributed by atoms with Crippen LogP contribution >= 0.6 is 10.5 Å². The quantitative estimate of drug-likeness (QED) is 0.725. The Hall–Kier alpha value is -2.89. The van der Waals surface area contributed by atoms with Gasteiger partial charge in [0.2, 0.25) is 0 Å². The van der Waals surface area contributed by atoms with Crippen molar-refractivity contribution in [2.24, 2.45) is 4.99 Å². The minimum Gasteiger partial charge on any atom is -0.325 e. The standard InChI is InChI=1S/C21H18N2O2S/c24-20(15-16-9-3-1-4-10-16)22-21-18-13-7-8-14-19(18)26(25,23-21)17-11-5-2-6-12-17/h1-14,25H,15H2,(H,22,23,24). The minimum absolute atomic E-state index is 0.229. The molecule has 4 nitrogen and oxygen atoms in total.